The summed E-state index contributed by atoms with van der Waals surface area (Å²) >= 11 is 6.29. The van der Waals surface area contributed by atoms with E-state index in [-0.39, 0.29) is 11.4 Å². The van der Waals surface area contributed by atoms with E-state index >= 15 is 0 Å². The number of anilines is 1. The second-order valence-electron chi connectivity index (χ2n) is 8.13. The molecule has 6 heteroatoms. The summed E-state index contributed by atoms with van der Waals surface area (Å²) in [6.07, 6.45) is 0. The summed E-state index contributed by atoms with van der Waals surface area (Å²) in [5, 5.41) is 11.2. The van der Waals surface area contributed by atoms with E-state index in [0.717, 1.165) is 5.56 Å². The highest BCUT2D eigenvalue weighted by atomic mass is 35.5. The molecule has 1 amide bonds. The molecule has 1 aliphatic heterocycles. The summed E-state index contributed by atoms with van der Waals surface area (Å²) in [6, 6.07) is 11.6. The number of aliphatic hydroxyl groups excluding tert-OH is 1. The van der Waals surface area contributed by atoms with Crippen molar-refractivity contribution in [2.45, 2.75) is 33.7 Å². The van der Waals surface area contributed by atoms with E-state index in [1.165, 1.54) is 4.90 Å². The van der Waals surface area contributed by atoms with Crippen molar-refractivity contribution in [1.82, 2.24) is 0 Å². The summed E-state index contributed by atoms with van der Waals surface area (Å²) < 4.78 is 5.32. The Bertz CT molecular complexity index is 1020. The first-order valence-corrected chi connectivity index (χ1v) is 9.65. The van der Waals surface area contributed by atoms with Crippen LogP contribution in [0.2, 0.25) is 5.02 Å². The molecule has 1 unspecified atom stereocenters. The lowest BCUT2D eigenvalue weighted by Crippen LogP contribution is -2.32. The highest BCUT2D eigenvalue weighted by Crippen LogP contribution is 2.44. The van der Waals surface area contributed by atoms with Crippen LogP contribution in [-0.4, -0.2) is 23.9 Å². The van der Waals surface area contributed by atoms with Crippen molar-refractivity contribution >= 4 is 29.0 Å². The van der Waals surface area contributed by atoms with Crippen molar-refractivity contribution in [1.29, 1.82) is 0 Å². The van der Waals surface area contributed by atoms with Gasteiger partial charge < -0.3 is 9.84 Å². The van der Waals surface area contributed by atoms with E-state index < -0.39 is 23.1 Å². The summed E-state index contributed by atoms with van der Waals surface area (Å²) in [5.74, 6) is -0.873. The molecule has 29 heavy (non-hydrogen) atoms. The molecule has 2 aromatic rings. The molecule has 0 aliphatic carbocycles. The van der Waals surface area contributed by atoms with Gasteiger partial charge in [0.15, 0.2) is 11.5 Å². The van der Waals surface area contributed by atoms with Gasteiger partial charge in [-0.15, -0.1) is 0 Å². The maximum absolute atomic E-state index is 13.2. The monoisotopic (exact) mass is 413 g/mol. The Hall–Kier alpha value is -2.79. The summed E-state index contributed by atoms with van der Waals surface area (Å²) in [4.78, 5) is 27.7. The van der Waals surface area contributed by atoms with Gasteiger partial charge in [-0.05, 0) is 42.3 Å². The number of Topliss-reactive ketones (excluding diaryl/α,β-unsaturated/α-hetero) is 1. The minimum Gasteiger partial charge on any atom is -0.503 e. The molecular formula is C23H24ClNO4. The van der Waals surface area contributed by atoms with Crippen LogP contribution < -0.4 is 9.64 Å². The molecule has 1 N–H and O–H groups in total. The molecule has 1 aliphatic rings. The minimum absolute atomic E-state index is 0.0763. The van der Waals surface area contributed by atoms with E-state index in [2.05, 4.69) is 0 Å². The molecule has 0 radical (unpaired) electrons. The molecule has 1 heterocycles. The number of carbonyl (C=O) groups is 2. The Morgan fingerprint density at radius 2 is 1.86 bits per heavy atom. The van der Waals surface area contributed by atoms with Gasteiger partial charge in [0, 0.05) is 16.1 Å². The van der Waals surface area contributed by atoms with Crippen LogP contribution in [0.4, 0.5) is 5.69 Å². The fraction of sp³-hybridized carbons (Fsp3) is 0.304. The van der Waals surface area contributed by atoms with Gasteiger partial charge in [-0.2, -0.15) is 0 Å². The van der Waals surface area contributed by atoms with Gasteiger partial charge in [0.05, 0.1) is 18.7 Å². The van der Waals surface area contributed by atoms with Crippen molar-refractivity contribution in [2.75, 3.05) is 12.0 Å². The second-order valence-corrected chi connectivity index (χ2v) is 8.54. The molecule has 5 nitrogen and oxygen atoms in total. The molecule has 1 atom stereocenters. The standard InChI is InChI=1S/C23H24ClNO4/c1-13-9-10-15(12-17(13)24)25-19(14-7-6-8-16(11-14)29-5)18(20(26)22(25)28)21(27)23(2,3)4/h6-12,19,26H,1-5H3. The van der Waals surface area contributed by atoms with E-state index in [1.54, 1.807) is 70.3 Å². The molecular weight excluding hydrogens is 390 g/mol. The number of ether oxygens (including phenoxy) is 1. The lowest BCUT2D eigenvalue weighted by molar-refractivity contribution is -0.123. The van der Waals surface area contributed by atoms with Gasteiger partial charge >= 0.3 is 0 Å². The summed E-state index contributed by atoms with van der Waals surface area (Å²) in [5.41, 5.74) is 1.32. The van der Waals surface area contributed by atoms with Gasteiger partial charge in [-0.1, -0.05) is 50.6 Å². The molecule has 3 rings (SSSR count). The van der Waals surface area contributed by atoms with Crippen LogP contribution in [0.3, 0.4) is 0 Å². The van der Waals surface area contributed by atoms with E-state index in [1.807, 2.05) is 6.92 Å². The number of rotatable bonds is 4. The average molecular weight is 414 g/mol. The number of nitrogens with zero attached hydrogens (tertiary/aromatic N) is 1. The fourth-order valence-corrected chi connectivity index (χ4v) is 3.54. The third-order valence-electron chi connectivity index (χ3n) is 4.98. The predicted octanol–water partition coefficient (Wildman–Crippen LogP) is 5.17. The van der Waals surface area contributed by atoms with E-state index in [0.29, 0.717) is 22.0 Å². The number of ketones is 1. The third-order valence-corrected chi connectivity index (χ3v) is 5.38. The minimum atomic E-state index is -0.789. The Labute approximate surface area is 175 Å². The topological polar surface area (TPSA) is 66.8 Å². The number of aryl methyl sites for hydroxylation is 1. The van der Waals surface area contributed by atoms with Crippen LogP contribution in [0.15, 0.2) is 53.8 Å². The van der Waals surface area contributed by atoms with Gasteiger partial charge in [-0.3, -0.25) is 14.5 Å². The Morgan fingerprint density at radius 1 is 1.17 bits per heavy atom. The number of methoxy groups -OCH3 is 1. The van der Waals surface area contributed by atoms with Crippen molar-refractivity contribution in [2.24, 2.45) is 5.41 Å². The first kappa shape index (κ1) is 20.9. The smallest absolute Gasteiger partial charge is 0.294 e. The van der Waals surface area contributed by atoms with Gasteiger partial charge in [-0.25, -0.2) is 0 Å². The lowest BCUT2D eigenvalue weighted by Gasteiger charge is -2.29. The van der Waals surface area contributed by atoms with Crippen molar-refractivity contribution in [3.8, 4) is 5.75 Å². The molecule has 152 valence electrons. The number of amides is 1. The molecule has 0 bridgehead atoms. The Balaban J connectivity index is 2.23. The summed E-state index contributed by atoms with van der Waals surface area (Å²) in [6.45, 7) is 7.14. The van der Waals surface area contributed by atoms with E-state index in [4.69, 9.17) is 16.3 Å². The van der Waals surface area contributed by atoms with Gasteiger partial charge in [0.2, 0.25) is 0 Å². The first-order chi connectivity index (χ1) is 13.6. The molecule has 0 saturated heterocycles. The lowest BCUT2D eigenvalue weighted by atomic mass is 9.82. The van der Waals surface area contributed by atoms with Gasteiger partial charge in [0.25, 0.3) is 5.91 Å². The zero-order chi connectivity index (χ0) is 21.5. The Morgan fingerprint density at radius 3 is 2.45 bits per heavy atom. The van der Waals surface area contributed by atoms with Crippen molar-refractivity contribution in [3.05, 3.63) is 69.9 Å². The van der Waals surface area contributed by atoms with Crippen LogP contribution in [-0.2, 0) is 9.59 Å². The zero-order valence-corrected chi connectivity index (χ0v) is 17.9. The highest BCUT2D eigenvalue weighted by Gasteiger charge is 2.46. The quantitative estimate of drug-likeness (QED) is 0.750. The average Bonchev–Trinajstić information content (AvgIpc) is 2.94. The van der Waals surface area contributed by atoms with E-state index in [9.17, 15) is 14.7 Å². The zero-order valence-electron chi connectivity index (χ0n) is 17.1. The number of carbonyl (C=O) groups excluding carboxylic acids is 2. The summed E-state index contributed by atoms with van der Waals surface area (Å²) in [7, 11) is 1.55. The predicted molar refractivity (Wildman–Crippen MR) is 114 cm³/mol. The molecule has 2 aromatic carbocycles. The fourth-order valence-electron chi connectivity index (χ4n) is 3.37. The largest absolute Gasteiger partial charge is 0.503 e. The molecule has 0 spiro atoms. The van der Waals surface area contributed by atoms with Crippen LogP contribution >= 0.6 is 11.6 Å². The molecule has 0 aromatic heterocycles. The number of hydrogen-bond donors (Lipinski definition) is 1. The highest BCUT2D eigenvalue weighted by molar-refractivity contribution is 6.31. The van der Waals surface area contributed by atoms with Crippen LogP contribution in [0.1, 0.15) is 37.9 Å². The normalized spacial score (nSPS) is 17.1. The number of benzene rings is 2. The third kappa shape index (κ3) is 3.75. The van der Waals surface area contributed by atoms with Crippen molar-refractivity contribution < 1.29 is 19.4 Å². The van der Waals surface area contributed by atoms with Crippen LogP contribution in [0.25, 0.3) is 0 Å². The van der Waals surface area contributed by atoms with Crippen LogP contribution in [0.5, 0.6) is 5.75 Å². The Kier molecular flexibility index (Phi) is 5.46. The van der Waals surface area contributed by atoms with Crippen LogP contribution in [0, 0.1) is 12.3 Å². The maximum atomic E-state index is 13.2. The molecule has 0 fully saturated rings. The van der Waals surface area contributed by atoms with Crippen molar-refractivity contribution in [3.63, 3.8) is 0 Å². The van der Waals surface area contributed by atoms with Gasteiger partial charge in [0.1, 0.15) is 5.75 Å². The number of aliphatic hydroxyl groups is 1. The maximum Gasteiger partial charge on any atom is 0.294 e. The molecule has 0 saturated carbocycles. The second kappa shape index (κ2) is 7.56. The first-order valence-electron chi connectivity index (χ1n) is 9.28. The number of halogens is 1. The number of hydrogen-bond acceptors (Lipinski definition) is 4. The SMILES string of the molecule is COc1cccc(C2C(C(=O)C(C)(C)C)=C(O)C(=O)N2c2ccc(C)c(Cl)c2)c1.